The van der Waals surface area contributed by atoms with E-state index in [0.29, 0.717) is 29.6 Å². The van der Waals surface area contributed by atoms with E-state index >= 15 is 0 Å². The fourth-order valence-electron chi connectivity index (χ4n) is 2.86. The molecule has 0 aliphatic carbocycles. The Morgan fingerprint density at radius 1 is 1.14 bits per heavy atom. The third kappa shape index (κ3) is 4.17. The van der Waals surface area contributed by atoms with Crippen LogP contribution < -0.4 is 14.8 Å². The molecule has 1 atom stereocenters. The summed E-state index contributed by atoms with van der Waals surface area (Å²) in [4.78, 5) is 14.5. The van der Waals surface area contributed by atoms with E-state index in [4.69, 9.17) is 18.4 Å². The van der Waals surface area contributed by atoms with Crippen LogP contribution in [0.15, 0.2) is 51.6 Å². The van der Waals surface area contributed by atoms with E-state index in [2.05, 4.69) is 10.5 Å². The molecule has 0 fully saturated rings. The van der Waals surface area contributed by atoms with Gasteiger partial charge in [0.25, 0.3) is 5.91 Å². The molecule has 0 aliphatic rings. The summed E-state index contributed by atoms with van der Waals surface area (Å²) in [5.74, 6) is 1.88. The first-order valence-corrected chi connectivity index (χ1v) is 8.70. The van der Waals surface area contributed by atoms with Gasteiger partial charge >= 0.3 is 0 Å². The van der Waals surface area contributed by atoms with Gasteiger partial charge in [-0.2, -0.15) is 0 Å². The van der Waals surface area contributed by atoms with Gasteiger partial charge in [-0.05, 0) is 43.9 Å². The molecule has 0 bridgehead atoms. The number of benzene rings is 1. The molecule has 0 saturated carbocycles. The van der Waals surface area contributed by atoms with Crippen LogP contribution in [0, 0.1) is 0 Å². The molecular formula is C20H23N3O5. The second-order valence-corrected chi connectivity index (χ2v) is 6.36. The molecule has 3 rings (SSSR count). The summed E-state index contributed by atoms with van der Waals surface area (Å²) < 4.78 is 21.1. The molecule has 0 saturated heterocycles. The van der Waals surface area contributed by atoms with Gasteiger partial charge in [0.1, 0.15) is 0 Å². The highest BCUT2D eigenvalue weighted by molar-refractivity contribution is 5.92. The summed E-state index contributed by atoms with van der Waals surface area (Å²) in [7, 11) is 7.07. The van der Waals surface area contributed by atoms with Gasteiger partial charge in [0.05, 0.1) is 26.5 Å². The van der Waals surface area contributed by atoms with E-state index < -0.39 is 0 Å². The van der Waals surface area contributed by atoms with Crippen molar-refractivity contribution in [1.29, 1.82) is 0 Å². The zero-order valence-electron chi connectivity index (χ0n) is 16.3. The first-order valence-electron chi connectivity index (χ1n) is 8.70. The lowest BCUT2D eigenvalue weighted by molar-refractivity contribution is 0.0933. The number of carbonyl (C=O) groups excluding carboxylic acids is 1. The molecule has 8 nitrogen and oxygen atoms in total. The molecule has 1 amide bonds. The monoisotopic (exact) mass is 385 g/mol. The van der Waals surface area contributed by atoms with E-state index in [1.165, 1.54) is 6.26 Å². The number of methoxy groups -OCH3 is 2. The highest BCUT2D eigenvalue weighted by Crippen LogP contribution is 2.31. The van der Waals surface area contributed by atoms with Crippen LogP contribution in [0.3, 0.4) is 0 Å². The lowest BCUT2D eigenvalue weighted by Gasteiger charge is -2.25. The summed E-state index contributed by atoms with van der Waals surface area (Å²) in [5, 5.41) is 6.72. The van der Waals surface area contributed by atoms with Crippen LogP contribution >= 0.6 is 0 Å². The lowest BCUT2D eigenvalue weighted by atomic mass is 10.0. The van der Waals surface area contributed by atoms with Crippen LogP contribution in [0.1, 0.15) is 22.1 Å². The van der Waals surface area contributed by atoms with Gasteiger partial charge in [-0.15, -0.1) is 0 Å². The van der Waals surface area contributed by atoms with E-state index in [9.17, 15) is 4.79 Å². The zero-order chi connectivity index (χ0) is 20.1. The standard InChI is InChI=1S/C20H23N3O5/c1-23(2)15(13-7-8-16(25-3)18(10-13)26-4)12-21-20(24)14-11-19(28-22-14)17-6-5-9-27-17/h5-11,15H,12H2,1-4H3,(H,21,24). The Balaban J connectivity index is 1.71. The average Bonchev–Trinajstić information content (AvgIpc) is 3.39. The number of ether oxygens (including phenoxy) is 2. The van der Waals surface area contributed by atoms with Crippen molar-refractivity contribution in [2.75, 3.05) is 34.9 Å². The first kappa shape index (κ1) is 19.5. The maximum absolute atomic E-state index is 12.5. The molecule has 1 N–H and O–H groups in total. The second-order valence-electron chi connectivity index (χ2n) is 6.36. The molecular weight excluding hydrogens is 362 g/mol. The summed E-state index contributed by atoms with van der Waals surface area (Å²) in [5.41, 5.74) is 1.18. The minimum absolute atomic E-state index is 0.0693. The third-order valence-corrected chi connectivity index (χ3v) is 4.38. The van der Waals surface area contributed by atoms with Crippen molar-refractivity contribution in [2.45, 2.75) is 6.04 Å². The van der Waals surface area contributed by atoms with Crippen LogP contribution in [0.4, 0.5) is 0 Å². The Morgan fingerprint density at radius 2 is 1.93 bits per heavy atom. The molecule has 1 aromatic carbocycles. The molecule has 0 spiro atoms. The number of furan rings is 1. The van der Waals surface area contributed by atoms with Crippen molar-refractivity contribution in [3.63, 3.8) is 0 Å². The predicted molar refractivity (Wildman–Crippen MR) is 103 cm³/mol. The van der Waals surface area contributed by atoms with Crippen LogP contribution in [0.25, 0.3) is 11.5 Å². The maximum atomic E-state index is 12.5. The molecule has 0 aliphatic heterocycles. The number of nitrogens with one attached hydrogen (secondary N) is 1. The van der Waals surface area contributed by atoms with Crippen molar-refractivity contribution in [2.24, 2.45) is 0 Å². The van der Waals surface area contributed by atoms with Crippen LogP contribution in [-0.2, 0) is 0 Å². The smallest absolute Gasteiger partial charge is 0.273 e. The first-order chi connectivity index (χ1) is 13.5. The zero-order valence-corrected chi connectivity index (χ0v) is 16.3. The summed E-state index contributed by atoms with van der Waals surface area (Å²) in [6.45, 7) is 0.379. The highest BCUT2D eigenvalue weighted by Gasteiger charge is 2.20. The van der Waals surface area contributed by atoms with Gasteiger partial charge < -0.3 is 28.6 Å². The number of rotatable bonds is 8. The van der Waals surface area contributed by atoms with Crippen molar-refractivity contribution in [3.05, 3.63) is 53.9 Å². The molecule has 0 radical (unpaired) electrons. The highest BCUT2D eigenvalue weighted by atomic mass is 16.5. The largest absolute Gasteiger partial charge is 0.493 e. The number of amides is 1. The van der Waals surface area contributed by atoms with Gasteiger partial charge in [0.2, 0.25) is 5.76 Å². The number of carbonyl (C=O) groups is 1. The topological polar surface area (TPSA) is 90.0 Å². The number of hydrogen-bond acceptors (Lipinski definition) is 7. The number of likely N-dealkylation sites (N-methyl/N-ethyl adjacent to an activating group) is 1. The lowest BCUT2D eigenvalue weighted by Crippen LogP contribution is -2.34. The fraction of sp³-hybridized carbons (Fsp3) is 0.300. The quantitative estimate of drug-likeness (QED) is 0.637. The molecule has 1 unspecified atom stereocenters. The molecule has 148 valence electrons. The van der Waals surface area contributed by atoms with E-state index in [-0.39, 0.29) is 17.6 Å². The predicted octanol–water partition coefficient (Wildman–Crippen LogP) is 2.98. The van der Waals surface area contributed by atoms with Gasteiger partial charge in [-0.25, -0.2) is 0 Å². The number of hydrogen-bond donors (Lipinski definition) is 1. The van der Waals surface area contributed by atoms with Crippen LogP contribution in [0.5, 0.6) is 11.5 Å². The molecule has 2 aromatic heterocycles. The fourth-order valence-corrected chi connectivity index (χ4v) is 2.86. The average molecular weight is 385 g/mol. The Morgan fingerprint density at radius 3 is 2.57 bits per heavy atom. The Labute approximate surface area is 163 Å². The van der Waals surface area contributed by atoms with Crippen molar-refractivity contribution >= 4 is 5.91 Å². The van der Waals surface area contributed by atoms with E-state index in [0.717, 1.165) is 5.56 Å². The summed E-state index contributed by atoms with van der Waals surface area (Å²) >= 11 is 0. The Kier molecular flexibility index (Phi) is 6.00. The SMILES string of the molecule is COc1ccc(C(CNC(=O)c2cc(-c3ccco3)on2)N(C)C)cc1OC. The van der Waals surface area contributed by atoms with Crippen LogP contribution in [0.2, 0.25) is 0 Å². The normalized spacial score (nSPS) is 12.0. The molecule has 8 heteroatoms. The van der Waals surface area contributed by atoms with Crippen molar-refractivity contribution < 1.29 is 23.2 Å². The second kappa shape index (κ2) is 8.62. The molecule has 2 heterocycles. The maximum Gasteiger partial charge on any atom is 0.273 e. The molecule has 28 heavy (non-hydrogen) atoms. The number of aromatic nitrogens is 1. The minimum Gasteiger partial charge on any atom is -0.493 e. The summed E-state index contributed by atoms with van der Waals surface area (Å²) in [6.07, 6.45) is 1.53. The van der Waals surface area contributed by atoms with Gasteiger partial charge in [0.15, 0.2) is 23.0 Å². The van der Waals surface area contributed by atoms with E-state index in [1.807, 2.05) is 37.2 Å². The van der Waals surface area contributed by atoms with Gasteiger partial charge in [0, 0.05) is 12.6 Å². The Bertz CT molecular complexity index is 918. The minimum atomic E-state index is -0.325. The Hall–Kier alpha value is -3.26. The summed E-state index contributed by atoms with van der Waals surface area (Å²) in [6, 6.07) is 10.7. The van der Waals surface area contributed by atoms with Gasteiger partial charge in [-0.3, -0.25) is 4.79 Å². The van der Waals surface area contributed by atoms with E-state index in [1.54, 1.807) is 32.4 Å². The third-order valence-electron chi connectivity index (χ3n) is 4.38. The van der Waals surface area contributed by atoms with Crippen LogP contribution in [-0.4, -0.2) is 50.8 Å². The van der Waals surface area contributed by atoms with Crippen molar-refractivity contribution in [3.8, 4) is 23.0 Å². The van der Waals surface area contributed by atoms with Gasteiger partial charge in [-0.1, -0.05) is 11.2 Å². The van der Waals surface area contributed by atoms with Crippen molar-refractivity contribution in [1.82, 2.24) is 15.4 Å². The molecule has 3 aromatic rings. The number of nitrogens with zero attached hydrogens (tertiary/aromatic N) is 2.